The summed E-state index contributed by atoms with van der Waals surface area (Å²) in [5.74, 6) is 0.275. The SMILES string of the molecule is CCOc1ccc(C(=O)N[C@@H](CC(C)C)C(=O)N[C@H]2CCOC2O)cc1. The summed E-state index contributed by atoms with van der Waals surface area (Å²) < 4.78 is 10.4. The molecule has 7 heteroatoms. The first-order chi connectivity index (χ1) is 12.4. The van der Waals surface area contributed by atoms with Crippen LogP contribution in [0.5, 0.6) is 5.75 Å². The Hall–Kier alpha value is -2.12. The zero-order valence-electron chi connectivity index (χ0n) is 15.5. The second kappa shape index (κ2) is 9.54. The number of aliphatic hydroxyl groups is 1. The molecule has 1 aromatic rings. The van der Waals surface area contributed by atoms with Gasteiger partial charge in [-0.2, -0.15) is 0 Å². The van der Waals surface area contributed by atoms with Gasteiger partial charge in [-0.3, -0.25) is 9.59 Å². The Morgan fingerprint density at radius 1 is 1.31 bits per heavy atom. The summed E-state index contributed by atoms with van der Waals surface area (Å²) in [6.07, 6.45) is 0.0485. The molecule has 0 aliphatic carbocycles. The monoisotopic (exact) mass is 364 g/mol. The molecule has 0 bridgehead atoms. The minimum atomic E-state index is -1.000. The highest BCUT2D eigenvalue weighted by Crippen LogP contribution is 2.14. The highest BCUT2D eigenvalue weighted by atomic mass is 16.6. The minimum absolute atomic E-state index is 0.219. The molecule has 1 saturated heterocycles. The van der Waals surface area contributed by atoms with Gasteiger partial charge in [0, 0.05) is 5.56 Å². The van der Waals surface area contributed by atoms with E-state index in [0.717, 1.165) is 0 Å². The summed E-state index contributed by atoms with van der Waals surface area (Å²) >= 11 is 0. The molecule has 0 radical (unpaired) electrons. The normalized spacial score (nSPS) is 20.7. The quantitative estimate of drug-likeness (QED) is 0.649. The maximum absolute atomic E-state index is 12.6. The zero-order chi connectivity index (χ0) is 19.1. The van der Waals surface area contributed by atoms with Crippen molar-refractivity contribution in [1.29, 1.82) is 0 Å². The topological polar surface area (TPSA) is 96.9 Å². The van der Waals surface area contributed by atoms with Crippen LogP contribution in [-0.2, 0) is 9.53 Å². The van der Waals surface area contributed by atoms with E-state index in [9.17, 15) is 14.7 Å². The standard InChI is InChI=1S/C19H28N2O5/c1-4-25-14-7-5-13(6-8-14)17(22)21-16(11-12(2)3)18(23)20-15-9-10-26-19(15)24/h5-8,12,15-16,19,24H,4,9-11H2,1-3H3,(H,20,23)(H,21,22)/t15-,16-,19?/m0/s1. The van der Waals surface area contributed by atoms with E-state index in [-0.39, 0.29) is 17.7 Å². The van der Waals surface area contributed by atoms with Gasteiger partial charge < -0.3 is 25.2 Å². The van der Waals surface area contributed by atoms with Crippen molar-refractivity contribution < 1.29 is 24.2 Å². The third kappa shape index (κ3) is 5.71. The van der Waals surface area contributed by atoms with Crippen LogP contribution in [0.4, 0.5) is 0 Å². The fraction of sp³-hybridized carbons (Fsp3) is 0.579. The van der Waals surface area contributed by atoms with E-state index >= 15 is 0 Å². The van der Waals surface area contributed by atoms with Crippen LogP contribution >= 0.6 is 0 Å². The van der Waals surface area contributed by atoms with Crippen LogP contribution < -0.4 is 15.4 Å². The summed E-state index contributed by atoms with van der Waals surface area (Å²) in [6.45, 7) is 6.81. The van der Waals surface area contributed by atoms with Crippen LogP contribution in [0.3, 0.4) is 0 Å². The van der Waals surface area contributed by atoms with Gasteiger partial charge >= 0.3 is 0 Å². The number of carbonyl (C=O) groups is 2. The summed E-state index contributed by atoms with van der Waals surface area (Å²) in [5.41, 5.74) is 0.458. The molecule has 2 rings (SSSR count). The van der Waals surface area contributed by atoms with E-state index in [0.29, 0.717) is 37.4 Å². The van der Waals surface area contributed by atoms with Gasteiger partial charge in [0.05, 0.1) is 19.3 Å². The molecule has 1 heterocycles. The van der Waals surface area contributed by atoms with Crippen LogP contribution in [0, 0.1) is 5.92 Å². The molecule has 1 aliphatic rings. The van der Waals surface area contributed by atoms with Crippen molar-refractivity contribution in [1.82, 2.24) is 10.6 Å². The average molecular weight is 364 g/mol. The third-order valence-corrected chi connectivity index (χ3v) is 4.15. The van der Waals surface area contributed by atoms with Crippen molar-refractivity contribution >= 4 is 11.8 Å². The molecule has 1 fully saturated rings. The molecule has 26 heavy (non-hydrogen) atoms. The molecule has 0 aromatic heterocycles. The molecular weight excluding hydrogens is 336 g/mol. The summed E-state index contributed by atoms with van der Waals surface area (Å²) in [6, 6.07) is 5.66. The molecule has 7 nitrogen and oxygen atoms in total. The largest absolute Gasteiger partial charge is 0.494 e. The predicted molar refractivity (Wildman–Crippen MR) is 96.8 cm³/mol. The minimum Gasteiger partial charge on any atom is -0.494 e. The molecule has 3 N–H and O–H groups in total. The number of hydrogen-bond acceptors (Lipinski definition) is 5. The Balaban J connectivity index is 2.01. The first-order valence-electron chi connectivity index (χ1n) is 9.04. The Bertz CT molecular complexity index is 602. The Kier molecular flexibility index (Phi) is 7.41. The summed E-state index contributed by atoms with van der Waals surface area (Å²) in [4.78, 5) is 25.1. The van der Waals surface area contributed by atoms with Crippen molar-refractivity contribution in [3.05, 3.63) is 29.8 Å². The number of rotatable bonds is 8. The van der Waals surface area contributed by atoms with E-state index in [1.165, 1.54) is 0 Å². The molecule has 1 aromatic carbocycles. The maximum atomic E-state index is 12.6. The van der Waals surface area contributed by atoms with Gasteiger partial charge in [-0.15, -0.1) is 0 Å². The second-order valence-corrected chi connectivity index (χ2v) is 6.78. The van der Waals surface area contributed by atoms with Crippen molar-refractivity contribution in [2.24, 2.45) is 5.92 Å². The zero-order valence-corrected chi connectivity index (χ0v) is 15.5. The number of hydrogen-bond donors (Lipinski definition) is 3. The van der Waals surface area contributed by atoms with Crippen LogP contribution in [0.25, 0.3) is 0 Å². The smallest absolute Gasteiger partial charge is 0.251 e. The van der Waals surface area contributed by atoms with E-state index in [1.54, 1.807) is 24.3 Å². The molecule has 1 unspecified atom stereocenters. The average Bonchev–Trinajstić information content (AvgIpc) is 2.99. The summed E-state index contributed by atoms with van der Waals surface area (Å²) in [5, 5.41) is 15.3. The number of benzene rings is 1. The van der Waals surface area contributed by atoms with Crippen LogP contribution in [0.1, 0.15) is 44.0 Å². The van der Waals surface area contributed by atoms with Gasteiger partial charge in [-0.25, -0.2) is 0 Å². The van der Waals surface area contributed by atoms with Gasteiger partial charge in [0.25, 0.3) is 5.91 Å². The highest BCUT2D eigenvalue weighted by Gasteiger charge is 2.31. The molecule has 1 aliphatic heterocycles. The Labute approximate surface area is 154 Å². The number of aliphatic hydroxyl groups excluding tert-OH is 1. The lowest BCUT2D eigenvalue weighted by atomic mass is 10.0. The third-order valence-electron chi connectivity index (χ3n) is 4.15. The van der Waals surface area contributed by atoms with Crippen molar-refractivity contribution in [3.63, 3.8) is 0 Å². The fourth-order valence-corrected chi connectivity index (χ4v) is 2.81. The van der Waals surface area contributed by atoms with Gasteiger partial charge in [-0.1, -0.05) is 13.8 Å². The Morgan fingerprint density at radius 2 is 2.00 bits per heavy atom. The Morgan fingerprint density at radius 3 is 2.54 bits per heavy atom. The lowest BCUT2D eigenvalue weighted by molar-refractivity contribution is -0.127. The molecule has 0 spiro atoms. The van der Waals surface area contributed by atoms with Crippen molar-refractivity contribution in [3.8, 4) is 5.75 Å². The maximum Gasteiger partial charge on any atom is 0.251 e. The molecule has 0 saturated carbocycles. The summed E-state index contributed by atoms with van der Waals surface area (Å²) in [7, 11) is 0. The molecule has 2 amide bonds. The van der Waals surface area contributed by atoms with E-state index in [1.807, 2.05) is 20.8 Å². The van der Waals surface area contributed by atoms with Gasteiger partial charge in [-0.05, 0) is 49.9 Å². The van der Waals surface area contributed by atoms with Gasteiger partial charge in [0.15, 0.2) is 6.29 Å². The lowest BCUT2D eigenvalue weighted by Crippen LogP contribution is -2.51. The predicted octanol–water partition coefficient (Wildman–Crippen LogP) is 1.45. The highest BCUT2D eigenvalue weighted by molar-refractivity contribution is 5.97. The number of amides is 2. The van der Waals surface area contributed by atoms with Gasteiger partial charge in [0.1, 0.15) is 11.8 Å². The van der Waals surface area contributed by atoms with Crippen LogP contribution in [0.2, 0.25) is 0 Å². The van der Waals surface area contributed by atoms with E-state index in [2.05, 4.69) is 10.6 Å². The fourth-order valence-electron chi connectivity index (χ4n) is 2.81. The number of carbonyl (C=O) groups excluding carboxylic acids is 2. The first-order valence-corrected chi connectivity index (χ1v) is 9.04. The molecular formula is C19H28N2O5. The number of nitrogens with one attached hydrogen (secondary N) is 2. The van der Waals surface area contributed by atoms with E-state index in [4.69, 9.17) is 9.47 Å². The van der Waals surface area contributed by atoms with Crippen molar-refractivity contribution in [2.45, 2.75) is 52.0 Å². The molecule has 3 atom stereocenters. The van der Waals surface area contributed by atoms with E-state index < -0.39 is 18.4 Å². The van der Waals surface area contributed by atoms with Crippen LogP contribution in [0.15, 0.2) is 24.3 Å². The van der Waals surface area contributed by atoms with Crippen LogP contribution in [-0.4, -0.2) is 48.5 Å². The van der Waals surface area contributed by atoms with Gasteiger partial charge in [0.2, 0.25) is 5.91 Å². The van der Waals surface area contributed by atoms with Crippen molar-refractivity contribution in [2.75, 3.05) is 13.2 Å². The second-order valence-electron chi connectivity index (χ2n) is 6.78. The first kappa shape index (κ1) is 20.2. The number of ether oxygens (including phenoxy) is 2. The molecule has 144 valence electrons. The lowest BCUT2D eigenvalue weighted by Gasteiger charge is -2.23.